The highest BCUT2D eigenvalue weighted by atomic mass is 35.5. The molecule has 0 aliphatic carbocycles. The van der Waals surface area contributed by atoms with E-state index in [1.807, 2.05) is 49.5 Å². The second-order valence-electron chi connectivity index (χ2n) is 4.76. The lowest BCUT2D eigenvalue weighted by Gasteiger charge is -2.19. The van der Waals surface area contributed by atoms with Crippen LogP contribution < -0.4 is 10.2 Å². The van der Waals surface area contributed by atoms with Gasteiger partial charge in [0, 0.05) is 25.2 Å². The topological polar surface area (TPSA) is 28.2 Å². The summed E-state index contributed by atoms with van der Waals surface area (Å²) in [5, 5.41) is 4.09. The molecule has 0 amide bonds. The van der Waals surface area contributed by atoms with Gasteiger partial charge in [-0.25, -0.2) is 4.98 Å². The van der Waals surface area contributed by atoms with Crippen LogP contribution in [-0.4, -0.2) is 18.6 Å². The summed E-state index contributed by atoms with van der Waals surface area (Å²) in [6, 6.07) is 13.9. The number of halogens is 1. The SMILES string of the molecule is CCCNc1cccc(N(C)Cc2ccccc2Cl)n1. The van der Waals surface area contributed by atoms with Crippen LogP contribution in [0.4, 0.5) is 11.6 Å². The molecule has 0 aliphatic heterocycles. The van der Waals surface area contributed by atoms with Crippen LogP contribution in [0.2, 0.25) is 5.02 Å². The van der Waals surface area contributed by atoms with Gasteiger partial charge in [0.1, 0.15) is 11.6 Å². The van der Waals surface area contributed by atoms with E-state index in [1.165, 1.54) is 0 Å². The number of hydrogen-bond acceptors (Lipinski definition) is 3. The molecule has 1 N–H and O–H groups in total. The minimum absolute atomic E-state index is 0.740. The summed E-state index contributed by atoms with van der Waals surface area (Å²) in [5.41, 5.74) is 1.10. The van der Waals surface area contributed by atoms with Crippen molar-refractivity contribution in [3.63, 3.8) is 0 Å². The Hall–Kier alpha value is -1.74. The van der Waals surface area contributed by atoms with E-state index in [1.54, 1.807) is 0 Å². The van der Waals surface area contributed by atoms with E-state index in [0.29, 0.717) is 0 Å². The molecule has 0 fully saturated rings. The second-order valence-corrected chi connectivity index (χ2v) is 5.16. The summed E-state index contributed by atoms with van der Waals surface area (Å²) < 4.78 is 0. The zero-order valence-electron chi connectivity index (χ0n) is 11.9. The van der Waals surface area contributed by atoms with E-state index in [4.69, 9.17) is 11.6 Å². The molecular formula is C16H20ClN3. The average Bonchev–Trinajstić information content (AvgIpc) is 2.48. The fraction of sp³-hybridized carbons (Fsp3) is 0.312. The van der Waals surface area contributed by atoms with Gasteiger partial charge in [-0.05, 0) is 30.2 Å². The van der Waals surface area contributed by atoms with E-state index < -0.39 is 0 Å². The van der Waals surface area contributed by atoms with Crippen molar-refractivity contribution in [2.75, 3.05) is 23.8 Å². The number of hydrogen-bond donors (Lipinski definition) is 1. The highest BCUT2D eigenvalue weighted by Gasteiger charge is 2.06. The van der Waals surface area contributed by atoms with Gasteiger partial charge < -0.3 is 10.2 Å². The maximum Gasteiger partial charge on any atom is 0.130 e. The number of nitrogens with zero attached hydrogens (tertiary/aromatic N) is 2. The van der Waals surface area contributed by atoms with Gasteiger partial charge in [-0.15, -0.1) is 0 Å². The van der Waals surface area contributed by atoms with Gasteiger partial charge >= 0.3 is 0 Å². The van der Waals surface area contributed by atoms with E-state index in [9.17, 15) is 0 Å². The molecule has 1 aromatic carbocycles. The Bertz CT molecular complexity index is 557. The second kappa shape index (κ2) is 7.15. The third-order valence-electron chi connectivity index (χ3n) is 3.05. The molecule has 106 valence electrons. The number of pyridine rings is 1. The summed E-state index contributed by atoms with van der Waals surface area (Å²) in [4.78, 5) is 6.70. The summed E-state index contributed by atoms with van der Waals surface area (Å²) in [6.07, 6.45) is 1.08. The van der Waals surface area contributed by atoms with E-state index in [0.717, 1.165) is 41.7 Å². The van der Waals surface area contributed by atoms with Crippen LogP contribution in [0.15, 0.2) is 42.5 Å². The lowest BCUT2D eigenvalue weighted by atomic mass is 10.2. The molecule has 1 heterocycles. The highest BCUT2D eigenvalue weighted by molar-refractivity contribution is 6.31. The third kappa shape index (κ3) is 3.87. The smallest absolute Gasteiger partial charge is 0.130 e. The number of nitrogens with one attached hydrogen (secondary N) is 1. The van der Waals surface area contributed by atoms with E-state index >= 15 is 0 Å². The predicted octanol–water partition coefficient (Wildman–Crippen LogP) is 4.19. The molecule has 2 rings (SSSR count). The number of aromatic nitrogens is 1. The van der Waals surface area contributed by atoms with Crippen molar-refractivity contribution in [1.82, 2.24) is 4.98 Å². The summed E-state index contributed by atoms with van der Waals surface area (Å²) in [7, 11) is 2.02. The van der Waals surface area contributed by atoms with Gasteiger partial charge in [0.25, 0.3) is 0 Å². The normalized spacial score (nSPS) is 10.3. The molecular weight excluding hydrogens is 270 g/mol. The van der Waals surface area contributed by atoms with Crippen molar-refractivity contribution in [1.29, 1.82) is 0 Å². The maximum atomic E-state index is 6.20. The van der Waals surface area contributed by atoms with Crippen molar-refractivity contribution in [2.45, 2.75) is 19.9 Å². The van der Waals surface area contributed by atoms with Crippen LogP contribution in [0, 0.1) is 0 Å². The molecule has 0 unspecified atom stereocenters. The fourth-order valence-corrected chi connectivity index (χ4v) is 2.15. The highest BCUT2D eigenvalue weighted by Crippen LogP contribution is 2.20. The Morgan fingerprint density at radius 3 is 2.70 bits per heavy atom. The monoisotopic (exact) mass is 289 g/mol. The van der Waals surface area contributed by atoms with Crippen LogP contribution in [0.25, 0.3) is 0 Å². The van der Waals surface area contributed by atoms with E-state index in [2.05, 4.69) is 22.1 Å². The van der Waals surface area contributed by atoms with Crippen molar-refractivity contribution in [2.24, 2.45) is 0 Å². The van der Waals surface area contributed by atoms with Gasteiger partial charge in [0.2, 0.25) is 0 Å². The molecule has 20 heavy (non-hydrogen) atoms. The predicted molar refractivity (Wildman–Crippen MR) is 86.6 cm³/mol. The van der Waals surface area contributed by atoms with Crippen LogP contribution in [0.5, 0.6) is 0 Å². The molecule has 0 saturated carbocycles. The average molecular weight is 290 g/mol. The lowest BCUT2D eigenvalue weighted by Crippen LogP contribution is -2.18. The Balaban J connectivity index is 2.09. The fourth-order valence-electron chi connectivity index (χ4n) is 1.95. The van der Waals surface area contributed by atoms with Gasteiger partial charge in [0.05, 0.1) is 0 Å². The number of rotatable bonds is 6. The van der Waals surface area contributed by atoms with Gasteiger partial charge in [0.15, 0.2) is 0 Å². The third-order valence-corrected chi connectivity index (χ3v) is 3.42. The van der Waals surface area contributed by atoms with Crippen LogP contribution in [-0.2, 0) is 6.54 Å². The molecule has 0 bridgehead atoms. The Morgan fingerprint density at radius 2 is 1.95 bits per heavy atom. The first-order valence-corrected chi connectivity index (χ1v) is 7.24. The molecule has 0 saturated heterocycles. The Labute approximate surface area is 125 Å². The molecule has 3 nitrogen and oxygen atoms in total. The minimum atomic E-state index is 0.740. The van der Waals surface area contributed by atoms with E-state index in [-0.39, 0.29) is 0 Å². The molecule has 4 heteroatoms. The summed E-state index contributed by atoms with van der Waals surface area (Å²) in [5.74, 6) is 1.85. The first-order chi connectivity index (χ1) is 9.70. The van der Waals surface area contributed by atoms with Crippen LogP contribution >= 0.6 is 11.6 Å². The zero-order chi connectivity index (χ0) is 14.4. The zero-order valence-corrected chi connectivity index (χ0v) is 12.7. The van der Waals surface area contributed by atoms with Crippen LogP contribution in [0.3, 0.4) is 0 Å². The van der Waals surface area contributed by atoms with Crippen LogP contribution in [0.1, 0.15) is 18.9 Å². The summed E-state index contributed by atoms with van der Waals surface area (Å²) >= 11 is 6.20. The largest absolute Gasteiger partial charge is 0.370 e. The summed E-state index contributed by atoms with van der Waals surface area (Å²) in [6.45, 7) is 3.81. The first kappa shape index (κ1) is 14.7. The molecule has 0 radical (unpaired) electrons. The number of benzene rings is 1. The molecule has 0 spiro atoms. The Morgan fingerprint density at radius 1 is 1.15 bits per heavy atom. The molecule has 2 aromatic rings. The van der Waals surface area contributed by atoms with Gasteiger partial charge in [-0.2, -0.15) is 0 Å². The minimum Gasteiger partial charge on any atom is -0.370 e. The lowest BCUT2D eigenvalue weighted by molar-refractivity contribution is 0.894. The van der Waals surface area contributed by atoms with Crippen molar-refractivity contribution in [3.05, 3.63) is 53.1 Å². The van der Waals surface area contributed by atoms with Gasteiger partial charge in [-0.1, -0.05) is 42.8 Å². The molecule has 0 atom stereocenters. The standard InChI is InChI=1S/C16H20ClN3/c1-3-11-18-15-9-6-10-16(19-15)20(2)12-13-7-4-5-8-14(13)17/h4-10H,3,11-12H2,1-2H3,(H,18,19). The maximum absolute atomic E-state index is 6.20. The molecule has 1 aromatic heterocycles. The van der Waals surface area contributed by atoms with Gasteiger partial charge in [-0.3, -0.25) is 0 Å². The quantitative estimate of drug-likeness (QED) is 0.864. The first-order valence-electron chi connectivity index (χ1n) is 6.86. The Kier molecular flexibility index (Phi) is 5.24. The van der Waals surface area contributed by atoms with Crippen molar-refractivity contribution < 1.29 is 0 Å². The van der Waals surface area contributed by atoms with Crippen molar-refractivity contribution >= 4 is 23.2 Å². The molecule has 0 aliphatic rings. The number of anilines is 2. The van der Waals surface area contributed by atoms with Crippen molar-refractivity contribution in [3.8, 4) is 0 Å².